The lowest BCUT2D eigenvalue weighted by molar-refractivity contribution is -0.140. The third-order valence-corrected chi connectivity index (χ3v) is 4.39. The van der Waals surface area contributed by atoms with Crippen LogP contribution in [-0.2, 0) is 20.9 Å². The summed E-state index contributed by atoms with van der Waals surface area (Å²) in [6, 6.07) is 7.46. The van der Waals surface area contributed by atoms with E-state index in [2.05, 4.69) is 5.32 Å². The number of carboxylic acids is 1. The lowest BCUT2D eigenvalue weighted by Gasteiger charge is -2.39. The average Bonchev–Trinajstić information content (AvgIpc) is 2.53. The van der Waals surface area contributed by atoms with Crippen LogP contribution in [-0.4, -0.2) is 37.3 Å². The molecule has 0 spiro atoms. The van der Waals surface area contributed by atoms with Crippen molar-refractivity contribution in [2.24, 2.45) is 5.41 Å². The highest BCUT2D eigenvalue weighted by atomic mass is 16.5. The monoisotopic (exact) mass is 335 g/mol. The first-order valence-electron chi connectivity index (χ1n) is 8.26. The second-order valence-electron chi connectivity index (χ2n) is 6.24. The number of carbonyl (C=O) groups is 2. The van der Waals surface area contributed by atoms with Gasteiger partial charge in [-0.1, -0.05) is 18.6 Å². The van der Waals surface area contributed by atoms with Gasteiger partial charge >= 0.3 is 5.97 Å². The maximum Gasteiger partial charge on any atom is 0.303 e. The number of ether oxygens (including phenoxy) is 2. The van der Waals surface area contributed by atoms with Crippen molar-refractivity contribution in [1.29, 1.82) is 0 Å². The number of methoxy groups -OCH3 is 1. The van der Waals surface area contributed by atoms with Gasteiger partial charge < -0.3 is 19.9 Å². The molecule has 0 atom stereocenters. The van der Waals surface area contributed by atoms with E-state index >= 15 is 0 Å². The summed E-state index contributed by atoms with van der Waals surface area (Å²) in [7, 11) is 1.63. The first kappa shape index (κ1) is 18.3. The number of benzene rings is 1. The Morgan fingerprint density at radius 3 is 2.50 bits per heavy atom. The molecule has 132 valence electrons. The van der Waals surface area contributed by atoms with Crippen LogP contribution in [0.2, 0.25) is 0 Å². The average molecular weight is 335 g/mol. The summed E-state index contributed by atoms with van der Waals surface area (Å²) in [4.78, 5) is 22.8. The minimum absolute atomic E-state index is 0.0598. The number of hydrogen-bond acceptors (Lipinski definition) is 4. The van der Waals surface area contributed by atoms with Crippen LogP contribution in [0.3, 0.4) is 0 Å². The fraction of sp³-hybridized carbons (Fsp3) is 0.556. The molecule has 24 heavy (non-hydrogen) atoms. The molecule has 1 aromatic carbocycles. The summed E-state index contributed by atoms with van der Waals surface area (Å²) in [6.45, 7) is 1.33. The molecule has 0 aromatic heterocycles. The van der Waals surface area contributed by atoms with Crippen LogP contribution in [0, 0.1) is 5.41 Å². The summed E-state index contributed by atoms with van der Waals surface area (Å²) in [6.07, 6.45) is 3.43. The van der Waals surface area contributed by atoms with E-state index in [0.29, 0.717) is 31.9 Å². The molecular formula is C18H25NO5. The van der Waals surface area contributed by atoms with Crippen LogP contribution in [0.4, 0.5) is 0 Å². The molecule has 1 saturated carbocycles. The Morgan fingerprint density at radius 1 is 1.25 bits per heavy atom. The number of nitrogens with one attached hydrogen (secondary N) is 1. The second kappa shape index (κ2) is 8.68. The maximum atomic E-state index is 12.3. The first-order chi connectivity index (χ1) is 11.6. The van der Waals surface area contributed by atoms with Crippen LogP contribution in [0.15, 0.2) is 24.3 Å². The zero-order valence-electron chi connectivity index (χ0n) is 14.0. The Labute approximate surface area is 142 Å². The lowest BCUT2D eigenvalue weighted by Crippen LogP contribution is -2.48. The van der Waals surface area contributed by atoms with E-state index in [1.54, 1.807) is 7.11 Å². The number of amides is 1. The van der Waals surface area contributed by atoms with Crippen molar-refractivity contribution >= 4 is 11.9 Å². The van der Waals surface area contributed by atoms with Crippen molar-refractivity contribution in [3.8, 4) is 5.75 Å². The van der Waals surface area contributed by atoms with Crippen LogP contribution >= 0.6 is 0 Å². The van der Waals surface area contributed by atoms with Crippen molar-refractivity contribution in [1.82, 2.24) is 5.32 Å². The molecule has 0 bridgehead atoms. The van der Waals surface area contributed by atoms with E-state index in [9.17, 15) is 9.59 Å². The van der Waals surface area contributed by atoms with Crippen molar-refractivity contribution in [3.05, 3.63) is 29.8 Å². The quantitative estimate of drug-likeness (QED) is 0.641. The van der Waals surface area contributed by atoms with Gasteiger partial charge in [0.2, 0.25) is 5.91 Å². The third kappa shape index (κ3) is 4.96. The van der Waals surface area contributed by atoms with Crippen LogP contribution < -0.4 is 10.1 Å². The lowest BCUT2D eigenvalue weighted by atomic mass is 9.68. The number of rotatable bonds is 10. The van der Waals surface area contributed by atoms with Gasteiger partial charge in [-0.2, -0.15) is 0 Å². The number of aliphatic carboxylic acids is 1. The molecule has 6 heteroatoms. The molecule has 0 radical (unpaired) electrons. The predicted molar refractivity (Wildman–Crippen MR) is 88.8 cm³/mol. The molecule has 2 N–H and O–H groups in total. The van der Waals surface area contributed by atoms with Gasteiger partial charge in [0.15, 0.2) is 0 Å². The summed E-state index contributed by atoms with van der Waals surface area (Å²) in [5.41, 5.74) is 0.648. The van der Waals surface area contributed by atoms with E-state index in [1.165, 1.54) is 0 Å². The molecule has 0 aliphatic heterocycles. The Balaban J connectivity index is 1.75. The third-order valence-electron chi connectivity index (χ3n) is 4.39. The summed E-state index contributed by atoms with van der Waals surface area (Å²) < 4.78 is 10.7. The Hall–Kier alpha value is -2.08. The topological polar surface area (TPSA) is 84.9 Å². The van der Waals surface area contributed by atoms with Gasteiger partial charge in [-0.05, 0) is 37.0 Å². The van der Waals surface area contributed by atoms with E-state index < -0.39 is 5.97 Å². The van der Waals surface area contributed by atoms with Gasteiger partial charge in [-0.15, -0.1) is 0 Å². The molecule has 1 amide bonds. The summed E-state index contributed by atoms with van der Waals surface area (Å²) in [5, 5.41) is 11.6. The molecular weight excluding hydrogens is 310 g/mol. The Bertz CT molecular complexity index is 551. The highest BCUT2D eigenvalue weighted by Gasteiger charge is 2.43. The molecule has 1 aromatic rings. The van der Waals surface area contributed by atoms with E-state index in [1.807, 2.05) is 24.3 Å². The second-order valence-corrected chi connectivity index (χ2v) is 6.24. The van der Waals surface area contributed by atoms with Crippen molar-refractivity contribution < 1.29 is 24.2 Å². The minimum Gasteiger partial charge on any atom is -0.494 e. The van der Waals surface area contributed by atoms with Gasteiger partial charge in [0.1, 0.15) is 5.75 Å². The molecule has 1 aliphatic rings. The molecule has 0 heterocycles. The molecule has 0 unspecified atom stereocenters. The number of hydrogen-bond donors (Lipinski definition) is 2. The molecule has 1 fully saturated rings. The van der Waals surface area contributed by atoms with Gasteiger partial charge in [-0.3, -0.25) is 9.59 Å². The normalized spacial score (nSPS) is 15.4. The smallest absolute Gasteiger partial charge is 0.303 e. The van der Waals surface area contributed by atoms with E-state index in [-0.39, 0.29) is 17.7 Å². The van der Waals surface area contributed by atoms with Crippen molar-refractivity contribution in [2.45, 2.75) is 38.6 Å². The van der Waals surface area contributed by atoms with Crippen LogP contribution in [0.5, 0.6) is 5.75 Å². The van der Waals surface area contributed by atoms with E-state index in [0.717, 1.165) is 24.8 Å². The number of carbonyl (C=O) groups excluding carboxylic acids is 1. The summed E-state index contributed by atoms with van der Waals surface area (Å²) in [5.74, 6) is -0.0581. The van der Waals surface area contributed by atoms with Gasteiger partial charge in [0, 0.05) is 20.1 Å². The molecule has 1 aliphatic carbocycles. The standard InChI is InChI=1S/C18H25NO5/c1-23-13-18(9-3-10-18)17(22)19-12-14-5-7-15(8-6-14)24-11-2-4-16(20)21/h5-8H,2-4,9-13H2,1H3,(H,19,22)(H,20,21). The fourth-order valence-corrected chi connectivity index (χ4v) is 2.80. The molecule has 0 saturated heterocycles. The van der Waals surface area contributed by atoms with Crippen LogP contribution in [0.1, 0.15) is 37.7 Å². The largest absolute Gasteiger partial charge is 0.494 e. The van der Waals surface area contributed by atoms with Crippen molar-refractivity contribution in [2.75, 3.05) is 20.3 Å². The molecule has 6 nitrogen and oxygen atoms in total. The number of carboxylic acid groups (broad SMARTS) is 1. The molecule has 2 rings (SSSR count). The van der Waals surface area contributed by atoms with Gasteiger partial charge in [0.25, 0.3) is 0 Å². The minimum atomic E-state index is -0.817. The fourth-order valence-electron chi connectivity index (χ4n) is 2.80. The predicted octanol–water partition coefficient (Wildman–Crippen LogP) is 2.36. The summed E-state index contributed by atoms with van der Waals surface area (Å²) >= 11 is 0. The van der Waals surface area contributed by atoms with Gasteiger partial charge in [-0.25, -0.2) is 0 Å². The van der Waals surface area contributed by atoms with Crippen molar-refractivity contribution in [3.63, 3.8) is 0 Å². The maximum absolute atomic E-state index is 12.3. The van der Waals surface area contributed by atoms with Crippen LogP contribution in [0.25, 0.3) is 0 Å². The zero-order chi connectivity index (χ0) is 17.4. The highest BCUT2D eigenvalue weighted by Crippen LogP contribution is 2.41. The SMILES string of the molecule is COCC1(C(=O)NCc2ccc(OCCCC(=O)O)cc2)CCC1. The van der Waals surface area contributed by atoms with Gasteiger partial charge in [0.05, 0.1) is 18.6 Å². The Morgan fingerprint density at radius 2 is 1.96 bits per heavy atom. The first-order valence-corrected chi connectivity index (χ1v) is 8.26. The zero-order valence-corrected chi connectivity index (χ0v) is 14.0. The van der Waals surface area contributed by atoms with E-state index in [4.69, 9.17) is 14.6 Å². The highest BCUT2D eigenvalue weighted by molar-refractivity contribution is 5.83. The Kier molecular flexibility index (Phi) is 6.61.